The van der Waals surface area contributed by atoms with Crippen LogP contribution in [0.4, 0.5) is 0 Å². The van der Waals surface area contributed by atoms with Crippen LogP contribution in [-0.2, 0) is 4.79 Å². The minimum atomic E-state index is -0.617. The Balaban J connectivity index is 2.75. The highest BCUT2D eigenvalue weighted by Crippen LogP contribution is 2.23. The zero-order chi connectivity index (χ0) is 10.6. The molecule has 68 valence electrons. The molecule has 0 N–H and O–H groups in total. The standard InChI is InChI=1S/C10H9ClO2/c1-7(2)10(12)13-9-6-4-3-5-8(9)11/h3-6H,1H2,2H3/i2D. The highest BCUT2D eigenvalue weighted by molar-refractivity contribution is 6.32. The van der Waals surface area contributed by atoms with Gasteiger partial charge in [0.15, 0.2) is 0 Å². The van der Waals surface area contributed by atoms with Gasteiger partial charge in [0, 0.05) is 6.94 Å². The summed E-state index contributed by atoms with van der Waals surface area (Å²) >= 11 is 5.76. The van der Waals surface area contributed by atoms with Crippen LogP contribution in [0.5, 0.6) is 5.75 Å². The number of halogens is 1. The van der Waals surface area contributed by atoms with Crippen LogP contribution in [0.2, 0.25) is 5.02 Å². The summed E-state index contributed by atoms with van der Waals surface area (Å²) in [5.74, 6) is -0.332. The molecule has 0 atom stereocenters. The number of carbonyl (C=O) groups is 1. The molecule has 0 aliphatic carbocycles. The molecule has 0 radical (unpaired) electrons. The summed E-state index contributed by atoms with van der Waals surface area (Å²) in [7, 11) is 0. The summed E-state index contributed by atoms with van der Waals surface area (Å²) in [6.07, 6.45) is 0. The molecule has 3 heteroatoms. The van der Waals surface area contributed by atoms with Gasteiger partial charge in [-0.15, -0.1) is 0 Å². The van der Waals surface area contributed by atoms with Gasteiger partial charge in [-0.05, 0) is 19.0 Å². The Morgan fingerprint density at radius 1 is 1.62 bits per heavy atom. The van der Waals surface area contributed by atoms with E-state index in [0.717, 1.165) is 0 Å². The van der Waals surface area contributed by atoms with E-state index in [0.29, 0.717) is 5.02 Å². The fraction of sp³-hybridized carbons (Fsp3) is 0.100. The molecular weight excluding hydrogens is 188 g/mol. The van der Waals surface area contributed by atoms with Gasteiger partial charge in [-0.1, -0.05) is 30.3 Å². The number of hydrogen-bond donors (Lipinski definition) is 0. The van der Waals surface area contributed by atoms with Gasteiger partial charge in [0.25, 0.3) is 0 Å². The van der Waals surface area contributed by atoms with E-state index in [2.05, 4.69) is 6.58 Å². The number of esters is 1. The lowest BCUT2D eigenvalue weighted by Gasteiger charge is -2.04. The summed E-state index contributed by atoms with van der Waals surface area (Å²) in [5, 5.41) is 0.360. The van der Waals surface area contributed by atoms with Gasteiger partial charge in [-0.25, -0.2) is 4.79 Å². The van der Waals surface area contributed by atoms with Gasteiger partial charge in [0.05, 0.1) is 5.02 Å². The molecule has 1 rings (SSSR count). The van der Waals surface area contributed by atoms with Gasteiger partial charge in [-0.3, -0.25) is 0 Å². The Labute approximate surface area is 83.2 Å². The first-order valence-corrected chi connectivity index (χ1v) is 3.96. The van der Waals surface area contributed by atoms with Gasteiger partial charge in [0.2, 0.25) is 0 Å². The SMILES string of the molecule is [2H]CC(=C)C(=O)Oc1ccccc1Cl. The van der Waals surface area contributed by atoms with Crippen LogP contribution in [0.1, 0.15) is 8.27 Å². The van der Waals surface area contributed by atoms with Crippen molar-refractivity contribution >= 4 is 17.6 Å². The molecule has 0 aliphatic rings. The molecule has 0 fully saturated rings. The molecule has 0 bridgehead atoms. The first kappa shape index (κ1) is 8.32. The van der Waals surface area contributed by atoms with E-state index in [1.54, 1.807) is 24.3 Å². The molecule has 1 aromatic rings. The van der Waals surface area contributed by atoms with Gasteiger partial charge >= 0.3 is 5.97 Å². The molecule has 13 heavy (non-hydrogen) atoms. The smallest absolute Gasteiger partial charge is 0.338 e. The van der Waals surface area contributed by atoms with Crippen LogP contribution in [0, 0.1) is 0 Å². The first-order valence-electron chi connectivity index (χ1n) is 4.29. The maximum absolute atomic E-state index is 11.2. The molecule has 0 aromatic heterocycles. The van der Waals surface area contributed by atoms with Crippen molar-refractivity contribution in [3.05, 3.63) is 41.4 Å². The van der Waals surface area contributed by atoms with Crippen molar-refractivity contribution in [3.8, 4) is 5.75 Å². The van der Waals surface area contributed by atoms with Crippen LogP contribution in [0.15, 0.2) is 36.4 Å². The minimum Gasteiger partial charge on any atom is -0.422 e. The molecule has 0 heterocycles. The number of rotatable bonds is 2. The summed E-state index contributed by atoms with van der Waals surface area (Å²) in [4.78, 5) is 11.2. The molecule has 0 unspecified atom stereocenters. The molecule has 0 spiro atoms. The molecule has 0 aliphatic heterocycles. The molecule has 0 amide bonds. The monoisotopic (exact) mass is 197 g/mol. The Morgan fingerprint density at radius 3 is 2.92 bits per heavy atom. The van der Waals surface area contributed by atoms with Crippen molar-refractivity contribution in [2.75, 3.05) is 0 Å². The van der Waals surface area contributed by atoms with Crippen LogP contribution >= 0.6 is 11.6 Å². The van der Waals surface area contributed by atoms with Crippen molar-refractivity contribution < 1.29 is 10.9 Å². The second kappa shape index (κ2) is 4.10. The Morgan fingerprint density at radius 2 is 2.31 bits per heavy atom. The first-order chi connectivity index (χ1) is 6.65. The van der Waals surface area contributed by atoms with Crippen LogP contribution in [0.3, 0.4) is 0 Å². The Bertz CT molecular complexity index is 363. The van der Waals surface area contributed by atoms with Crippen molar-refractivity contribution in [1.29, 1.82) is 0 Å². The van der Waals surface area contributed by atoms with E-state index in [4.69, 9.17) is 17.7 Å². The van der Waals surface area contributed by atoms with Crippen molar-refractivity contribution in [2.24, 2.45) is 0 Å². The van der Waals surface area contributed by atoms with E-state index in [1.165, 1.54) is 0 Å². The fourth-order valence-electron chi connectivity index (χ4n) is 0.700. The maximum Gasteiger partial charge on any atom is 0.338 e. The Kier molecular flexibility index (Phi) is 2.62. The highest BCUT2D eigenvalue weighted by atomic mass is 35.5. The van der Waals surface area contributed by atoms with Gasteiger partial charge in [-0.2, -0.15) is 0 Å². The second-order valence-corrected chi connectivity index (χ2v) is 2.83. The van der Waals surface area contributed by atoms with Crippen LogP contribution < -0.4 is 4.74 Å². The topological polar surface area (TPSA) is 26.3 Å². The van der Waals surface area contributed by atoms with Crippen molar-refractivity contribution in [2.45, 2.75) is 6.90 Å². The molecule has 1 aromatic carbocycles. The number of hydrogen-bond acceptors (Lipinski definition) is 2. The zero-order valence-corrected chi connectivity index (χ0v) is 7.67. The predicted octanol–water partition coefficient (Wildman–Crippen LogP) is 2.82. The summed E-state index contributed by atoms with van der Waals surface area (Å²) in [6, 6.07) is 6.64. The maximum atomic E-state index is 11.2. The molecule has 0 saturated carbocycles. The molecule has 2 nitrogen and oxygen atoms in total. The quantitative estimate of drug-likeness (QED) is 0.414. The van der Waals surface area contributed by atoms with Crippen LogP contribution in [-0.4, -0.2) is 5.97 Å². The van der Waals surface area contributed by atoms with Crippen molar-refractivity contribution in [1.82, 2.24) is 0 Å². The third-order valence-corrected chi connectivity index (χ3v) is 1.64. The number of carbonyl (C=O) groups excluding carboxylic acids is 1. The molecule has 0 saturated heterocycles. The lowest BCUT2D eigenvalue weighted by Crippen LogP contribution is -2.08. The number of benzene rings is 1. The van der Waals surface area contributed by atoms with E-state index >= 15 is 0 Å². The normalized spacial score (nSPS) is 10.4. The fourth-order valence-corrected chi connectivity index (χ4v) is 0.874. The van der Waals surface area contributed by atoms with E-state index in [9.17, 15) is 4.79 Å². The Hall–Kier alpha value is -1.28. The zero-order valence-electron chi connectivity index (χ0n) is 7.92. The molecular formula is C10H9ClO2. The minimum absolute atomic E-state index is 0.102. The largest absolute Gasteiger partial charge is 0.422 e. The average Bonchev–Trinajstić information content (AvgIpc) is 2.20. The third-order valence-electron chi connectivity index (χ3n) is 1.33. The summed E-state index contributed by atoms with van der Waals surface area (Å²) in [6.45, 7) is 3.22. The van der Waals surface area contributed by atoms with Crippen molar-refractivity contribution in [3.63, 3.8) is 0 Å². The van der Waals surface area contributed by atoms with E-state index in [-0.39, 0.29) is 18.2 Å². The van der Waals surface area contributed by atoms with Gasteiger partial charge < -0.3 is 4.74 Å². The van der Waals surface area contributed by atoms with E-state index in [1.807, 2.05) is 0 Å². The van der Waals surface area contributed by atoms with Crippen LogP contribution in [0.25, 0.3) is 0 Å². The summed E-state index contributed by atoms with van der Waals surface area (Å²) in [5.41, 5.74) is 0.102. The third kappa shape index (κ3) is 2.60. The lowest BCUT2D eigenvalue weighted by molar-refractivity contribution is -0.130. The lowest BCUT2D eigenvalue weighted by atomic mass is 10.3. The summed E-state index contributed by atoms with van der Waals surface area (Å²) < 4.78 is 11.8. The number of para-hydroxylation sites is 1. The number of ether oxygens (including phenoxy) is 1. The highest BCUT2D eigenvalue weighted by Gasteiger charge is 2.07. The van der Waals surface area contributed by atoms with Gasteiger partial charge in [0.1, 0.15) is 5.75 Å². The average molecular weight is 198 g/mol. The predicted molar refractivity (Wildman–Crippen MR) is 51.9 cm³/mol. The van der Waals surface area contributed by atoms with E-state index < -0.39 is 5.97 Å². The second-order valence-electron chi connectivity index (χ2n) is 2.42.